The number of pyridine rings is 1. The van der Waals surface area contributed by atoms with E-state index in [0.29, 0.717) is 10.4 Å². The third-order valence-corrected chi connectivity index (χ3v) is 5.19. The molecule has 0 fully saturated rings. The Morgan fingerprint density at radius 3 is 2.62 bits per heavy atom. The first kappa shape index (κ1) is 18.9. The Morgan fingerprint density at radius 2 is 1.86 bits per heavy atom. The fraction of sp³-hybridized carbons (Fsp3) is 0.0455. The number of hydrogen-bond donors (Lipinski definition) is 0. The largest absolute Gasteiger partial charge is 0.278 e. The molecule has 2 aromatic carbocycles. The first-order valence-corrected chi connectivity index (χ1v) is 9.62. The van der Waals surface area contributed by atoms with Crippen LogP contribution in [0.5, 0.6) is 0 Å². The number of aromatic nitrogens is 2. The maximum absolute atomic E-state index is 14.1. The van der Waals surface area contributed by atoms with Crippen molar-refractivity contribution in [2.75, 3.05) is 4.90 Å². The Hall–Kier alpha value is -3.45. The van der Waals surface area contributed by atoms with Crippen molar-refractivity contribution < 1.29 is 13.6 Å². The van der Waals surface area contributed by atoms with Crippen molar-refractivity contribution in [3.8, 4) is 0 Å². The Bertz CT molecular complexity index is 1180. The molecule has 29 heavy (non-hydrogen) atoms. The molecule has 0 saturated carbocycles. The number of amides is 1. The van der Waals surface area contributed by atoms with Gasteiger partial charge in [-0.15, -0.1) is 0 Å². The molecule has 0 spiro atoms. The SMILES string of the molecule is O=C(/C=C/c1ccccc1)N(Cc1ccccn1)c1nc2c(F)cc(F)cc2s1. The first-order chi connectivity index (χ1) is 14.1. The second kappa shape index (κ2) is 8.28. The van der Waals surface area contributed by atoms with Gasteiger partial charge in [0.15, 0.2) is 10.9 Å². The van der Waals surface area contributed by atoms with Gasteiger partial charge in [-0.3, -0.25) is 14.7 Å². The van der Waals surface area contributed by atoms with Crippen molar-refractivity contribution in [3.05, 3.63) is 95.8 Å². The van der Waals surface area contributed by atoms with Crippen molar-refractivity contribution >= 4 is 38.7 Å². The van der Waals surface area contributed by atoms with E-state index in [1.165, 1.54) is 17.0 Å². The summed E-state index contributed by atoms with van der Waals surface area (Å²) >= 11 is 1.06. The van der Waals surface area contributed by atoms with Gasteiger partial charge in [-0.05, 0) is 29.8 Å². The van der Waals surface area contributed by atoms with Crippen molar-refractivity contribution in [1.82, 2.24) is 9.97 Å². The molecule has 1 amide bonds. The van der Waals surface area contributed by atoms with Crippen LogP contribution in [0.25, 0.3) is 16.3 Å². The van der Waals surface area contributed by atoms with Gasteiger partial charge in [0, 0.05) is 18.3 Å². The lowest BCUT2D eigenvalue weighted by molar-refractivity contribution is -0.114. The summed E-state index contributed by atoms with van der Waals surface area (Å²) in [6.07, 6.45) is 4.76. The monoisotopic (exact) mass is 407 g/mol. The Labute approximate surface area is 169 Å². The highest BCUT2D eigenvalue weighted by atomic mass is 32.1. The third kappa shape index (κ3) is 4.35. The molecule has 0 aliphatic heterocycles. The van der Waals surface area contributed by atoms with E-state index >= 15 is 0 Å². The normalized spacial score (nSPS) is 11.2. The summed E-state index contributed by atoms with van der Waals surface area (Å²) in [7, 11) is 0. The fourth-order valence-corrected chi connectivity index (χ4v) is 3.79. The maximum atomic E-state index is 14.1. The van der Waals surface area contributed by atoms with E-state index in [-0.39, 0.29) is 23.1 Å². The molecule has 0 radical (unpaired) electrons. The second-order valence-corrected chi connectivity index (χ2v) is 7.23. The standard InChI is InChI=1S/C22H15F2N3OS/c23-16-12-18(24)21-19(13-16)29-22(26-21)27(14-17-8-4-5-11-25-17)20(28)10-9-15-6-2-1-3-7-15/h1-13H,14H2/b10-9+. The van der Waals surface area contributed by atoms with Crippen LogP contribution < -0.4 is 4.90 Å². The number of halogens is 2. The van der Waals surface area contributed by atoms with Crippen LogP contribution in [0.1, 0.15) is 11.3 Å². The number of fused-ring (bicyclic) bond motifs is 1. The molecule has 0 aliphatic carbocycles. The molecule has 4 aromatic rings. The number of nitrogens with zero attached hydrogens (tertiary/aromatic N) is 3. The highest BCUT2D eigenvalue weighted by Crippen LogP contribution is 2.32. The number of rotatable bonds is 5. The highest BCUT2D eigenvalue weighted by Gasteiger charge is 2.20. The van der Waals surface area contributed by atoms with Crippen molar-refractivity contribution in [1.29, 1.82) is 0 Å². The molecule has 2 aromatic heterocycles. The van der Waals surface area contributed by atoms with Crippen LogP contribution >= 0.6 is 11.3 Å². The minimum atomic E-state index is -0.757. The van der Waals surface area contributed by atoms with Gasteiger partial charge in [0.1, 0.15) is 11.3 Å². The molecule has 7 heteroatoms. The Balaban J connectivity index is 1.71. The topological polar surface area (TPSA) is 46.1 Å². The summed E-state index contributed by atoms with van der Waals surface area (Å²) in [6, 6.07) is 16.8. The average molecular weight is 407 g/mol. The quantitative estimate of drug-likeness (QED) is 0.426. The van der Waals surface area contributed by atoms with E-state index < -0.39 is 11.6 Å². The Kier molecular flexibility index (Phi) is 5.39. The lowest BCUT2D eigenvalue weighted by Gasteiger charge is -2.17. The zero-order valence-electron chi connectivity index (χ0n) is 15.1. The van der Waals surface area contributed by atoms with Crippen LogP contribution in [0.3, 0.4) is 0 Å². The van der Waals surface area contributed by atoms with Gasteiger partial charge in [0.05, 0.1) is 16.9 Å². The number of hydrogen-bond acceptors (Lipinski definition) is 4. The van der Waals surface area contributed by atoms with Crippen LogP contribution in [0.2, 0.25) is 0 Å². The lowest BCUT2D eigenvalue weighted by atomic mass is 10.2. The fourth-order valence-electron chi connectivity index (χ4n) is 2.78. The lowest BCUT2D eigenvalue weighted by Crippen LogP contribution is -2.29. The van der Waals surface area contributed by atoms with Gasteiger partial charge in [0.2, 0.25) is 0 Å². The minimum absolute atomic E-state index is 0.0391. The van der Waals surface area contributed by atoms with Gasteiger partial charge < -0.3 is 0 Å². The smallest absolute Gasteiger partial charge is 0.253 e. The molecule has 2 heterocycles. The molecule has 0 aliphatic rings. The van der Waals surface area contributed by atoms with E-state index in [1.807, 2.05) is 36.4 Å². The number of benzene rings is 2. The van der Waals surface area contributed by atoms with Crippen molar-refractivity contribution in [2.24, 2.45) is 0 Å². The molecule has 0 saturated heterocycles. The summed E-state index contributed by atoms with van der Waals surface area (Å²) in [5, 5.41) is 0.276. The van der Waals surface area contributed by atoms with Gasteiger partial charge in [-0.1, -0.05) is 47.7 Å². The zero-order valence-corrected chi connectivity index (χ0v) is 15.9. The van der Waals surface area contributed by atoms with E-state index in [4.69, 9.17) is 0 Å². The summed E-state index contributed by atoms with van der Waals surface area (Å²) < 4.78 is 28.0. The van der Waals surface area contributed by atoms with Crippen molar-refractivity contribution in [2.45, 2.75) is 6.54 Å². The summed E-state index contributed by atoms with van der Waals surface area (Å²) in [5.74, 6) is -1.77. The summed E-state index contributed by atoms with van der Waals surface area (Å²) in [5.41, 5.74) is 1.56. The predicted molar refractivity (Wildman–Crippen MR) is 110 cm³/mol. The van der Waals surface area contributed by atoms with E-state index in [9.17, 15) is 13.6 Å². The molecular weight excluding hydrogens is 392 g/mol. The van der Waals surface area contributed by atoms with Crippen LogP contribution in [-0.4, -0.2) is 15.9 Å². The molecule has 0 bridgehead atoms. The second-order valence-electron chi connectivity index (χ2n) is 6.22. The van der Waals surface area contributed by atoms with Crippen LogP contribution in [0, 0.1) is 11.6 Å². The van der Waals surface area contributed by atoms with Crippen LogP contribution in [0.15, 0.2) is 72.9 Å². The number of thiazole rings is 1. The van der Waals surface area contributed by atoms with E-state index in [2.05, 4.69) is 9.97 Å². The Morgan fingerprint density at radius 1 is 1.07 bits per heavy atom. The highest BCUT2D eigenvalue weighted by molar-refractivity contribution is 7.22. The maximum Gasteiger partial charge on any atom is 0.253 e. The molecule has 0 atom stereocenters. The van der Waals surface area contributed by atoms with Crippen LogP contribution in [-0.2, 0) is 11.3 Å². The van der Waals surface area contributed by atoms with Crippen molar-refractivity contribution in [3.63, 3.8) is 0 Å². The molecule has 0 unspecified atom stereocenters. The van der Waals surface area contributed by atoms with Gasteiger partial charge in [-0.25, -0.2) is 13.8 Å². The predicted octanol–water partition coefficient (Wildman–Crippen LogP) is 5.22. The average Bonchev–Trinajstić information content (AvgIpc) is 3.16. The molecule has 4 nitrogen and oxygen atoms in total. The molecule has 144 valence electrons. The van der Waals surface area contributed by atoms with E-state index in [0.717, 1.165) is 23.0 Å². The number of carbonyl (C=O) groups excluding carboxylic acids is 1. The van der Waals surface area contributed by atoms with Gasteiger partial charge in [-0.2, -0.15) is 0 Å². The first-order valence-electron chi connectivity index (χ1n) is 8.80. The van der Waals surface area contributed by atoms with Gasteiger partial charge >= 0.3 is 0 Å². The number of anilines is 1. The summed E-state index contributed by atoms with van der Waals surface area (Å²) in [6.45, 7) is 0.155. The third-order valence-electron chi connectivity index (χ3n) is 4.16. The molecule has 4 rings (SSSR count). The number of carbonyl (C=O) groups is 1. The van der Waals surface area contributed by atoms with Crippen LogP contribution in [0.4, 0.5) is 13.9 Å². The van der Waals surface area contributed by atoms with E-state index in [1.54, 1.807) is 24.4 Å². The minimum Gasteiger partial charge on any atom is -0.278 e. The zero-order chi connectivity index (χ0) is 20.2. The molecular formula is C22H15F2N3OS. The summed E-state index contributed by atoms with van der Waals surface area (Å²) in [4.78, 5) is 22.9. The molecule has 0 N–H and O–H groups in total. The van der Waals surface area contributed by atoms with Gasteiger partial charge in [0.25, 0.3) is 5.91 Å².